The molecule has 0 radical (unpaired) electrons. The number of pyridine rings is 1. The van der Waals surface area contributed by atoms with Gasteiger partial charge in [0.2, 0.25) is 5.82 Å². The molecule has 4 aromatic rings. The molecule has 0 aliphatic rings. The number of hydrogen-bond acceptors (Lipinski definition) is 6. The quantitative estimate of drug-likeness (QED) is 0.434. The SMILES string of the molecule is O=[N+]([O-])c1c(NCc2ccc(-c3cccnc3)cc2)nc2sccn12. The molecule has 1 N–H and O–H groups in total. The van der Waals surface area contributed by atoms with E-state index >= 15 is 0 Å². The van der Waals surface area contributed by atoms with Gasteiger partial charge in [-0.2, -0.15) is 9.38 Å². The molecule has 4 rings (SSSR count). The summed E-state index contributed by atoms with van der Waals surface area (Å²) in [6.45, 7) is 0.457. The zero-order valence-corrected chi connectivity index (χ0v) is 13.8. The summed E-state index contributed by atoms with van der Waals surface area (Å²) in [5.41, 5.74) is 3.13. The highest BCUT2D eigenvalue weighted by Gasteiger charge is 2.23. The Hall–Kier alpha value is -3.26. The summed E-state index contributed by atoms with van der Waals surface area (Å²) in [7, 11) is 0. The zero-order chi connectivity index (χ0) is 17.2. The van der Waals surface area contributed by atoms with Crippen LogP contribution in [0.2, 0.25) is 0 Å². The lowest BCUT2D eigenvalue weighted by molar-refractivity contribution is -0.389. The van der Waals surface area contributed by atoms with Crippen LogP contribution < -0.4 is 5.32 Å². The molecule has 0 bridgehead atoms. The average molecular weight is 351 g/mol. The van der Waals surface area contributed by atoms with Gasteiger partial charge in [0.25, 0.3) is 4.96 Å². The summed E-state index contributed by atoms with van der Waals surface area (Å²) < 4.78 is 1.48. The highest BCUT2D eigenvalue weighted by atomic mass is 32.1. The number of nitrogens with one attached hydrogen (secondary N) is 1. The lowest BCUT2D eigenvalue weighted by atomic mass is 10.1. The monoisotopic (exact) mass is 351 g/mol. The van der Waals surface area contributed by atoms with Crippen molar-refractivity contribution in [1.82, 2.24) is 14.4 Å². The summed E-state index contributed by atoms with van der Waals surface area (Å²) in [6, 6.07) is 11.9. The Morgan fingerprint density at radius 3 is 2.76 bits per heavy atom. The molecule has 25 heavy (non-hydrogen) atoms. The third-order valence-corrected chi connectivity index (χ3v) is 4.58. The van der Waals surface area contributed by atoms with Crippen LogP contribution in [-0.4, -0.2) is 19.3 Å². The van der Waals surface area contributed by atoms with Gasteiger partial charge in [-0.15, -0.1) is 0 Å². The summed E-state index contributed by atoms with van der Waals surface area (Å²) in [5, 5.41) is 16.2. The van der Waals surface area contributed by atoms with Crippen molar-refractivity contribution in [2.75, 3.05) is 5.32 Å². The van der Waals surface area contributed by atoms with E-state index in [2.05, 4.69) is 15.3 Å². The maximum Gasteiger partial charge on any atom is 0.372 e. The van der Waals surface area contributed by atoms with Crippen LogP contribution in [0.15, 0.2) is 60.4 Å². The Labute approximate surface area is 146 Å². The molecule has 0 saturated carbocycles. The van der Waals surface area contributed by atoms with Gasteiger partial charge in [-0.05, 0) is 27.7 Å². The molecule has 1 aromatic carbocycles. The van der Waals surface area contributed by atoms with Gasteiger partial charge in [0.1, 0.15) is 6.20 Å². The molecular weight excluding hydrogens is 338 g/mol. The predicted molar refractivity (Wildman–Crippen MR) is 96.7 cm³/mol. The Balaban J connectivity index is 1.53. The summed E-state index contributed by atoms with van der Waals surface area (Å²) >= 11 is 1.36. The maximum atomic E-state index is 11.3. The van der Waals surface area contributed by atoms with Crippen LogP contribution in [0.25, 0.3) is 16.1 Å². The third kappa shape index (κ3) is 2.94. The second kappa shape index (κ2) is 6.33. The number of nitrogens with zero attached hydrogens (tertiary/aromatic N) is 4. The topological polar surface area (TPSA) is 85.4 Å². The minimum Gasteiger partial charge on any atom is -0.359 e. The second-order valence-electron chi connectivity index (χ2n) is 5.39. The number of anilines is 1. The normalized spacial score (nSPS) is 10.9. The lowest BCUT2D eigenvalue weighted by Gasteiger charge is -2.06. The van der Waals surface area contributed by atoms with Gasteiger partial charge < -0.3 is 15.4 Å². The molecule has 0 unspecified atom stereocenters. The van der Waals surface area contributed by atoms with Crippen LogP contribution in [0.4, 0.5) is 11.6 Å². The fraction of sp³-hybridized carbons (Fsp3) is 0.0588. The minimum atomic E-state index is -0.416. The third-order valence-electron chi connectivity index (χ3n) is 3.82. The standard InChI is InChI=1S/C17H13N5O2S/c23-22(24)16-15(20-17-21(16)8-9-25-17)19-10-12-3-5-13(6-4-12)14-2-1-7-18-11-14/h1-9,11,19H,10H2. The van der Waals surface area contributed by atoms with Crippen LogP contribution in [-0.2, 0) is 6.54 Å². The number of benzene rings is 1. The number of aromatic nitrogens is 3. The molecule has 0 spiro atoms. The molecule has 3 aromatic heterocycles. The first-order chi connectivity index (χ1) is 12.2. The first kappa shape index (κ1) is 15.3. The summed E-state index contributed by atoms with van der Waals surface area (Å²) in [4.78, 5) is 19.9. The molecule has 0 saturated heterocycles. The molecule has 0 amide bonds. The molecule has 0 fully saturated rings. The van der Waals surface area contributed by atoms with E-state index in [0.717, 1.165) is 16.7 Å². The number of fused-ring (bicyclic) bond motifs is 1. The van der Waals surface area contributed by atoms with Crippen LogP contribution in [0, 0.1) is 10.1 Å². The number of hydrogen-bond donors (Lipinski definition) is 1. The number of thiazole rings is 1. The van der Waals surface area contributed by atoms with E-state index in [1.807, 2.05) is 42.6 Å². The number of nitro groups is 1. The Bertz CT molecular complexity index is 1020. The van der Waals surface area contributed by atoms with Gasteiger partial charge in [-0.1, -0.05) is 41.7 Å². The predicted octanol–water partition coefficient (Wildman–Crippen LogP) is 3.98. The van der Waals surface area contributed by atoms with E-state index in [-0.39, 0.29) is 11.6 Å². The van der Waals surface area contributed by atoms with Crippen LogP contribution >= 0.6 is 11.3 Å². The largest absolute Gasteiger partial charge is 0.372 e. The highest BCUT2D eigenvalue weighted by molar-refractivity contribution is 7.15. The van der Waals surface area contributed by atoms with E-state index in [1.54, 1.807) is 17.8 Å². The Kier molecular flexibility index (Phi) is 3.87. The number of rotatable bonds is 5. The van der Waals surface area contributed by atoms with E-state index in [1.165, 1.54) is 15.7 Å². The first-order valence-corrected chi connectivity index (χ1v) is 8.43. The van der Waals surface area contributed by atoms with Gasteiger partial charge in [0.05, 0.1) is 0 Å². The fourth-order valence-corrected chi connectivity index (χ4v) is 3.31. The minimum absolute atomic E-state index is 0.0387. The van der Waals surface area contributed by atoms with Crippen LogP contribution in [0.5, 0.6) is 0 Å². The maximum absolute atomic E-state index is 11.3. The first-order valence-electron chi connectivity index (χ1n) is 7.55. The fourth-order valence-electron chi connectivity index (χ4n) is 2.60. The van der Waals surface area contributed by atoms with Crippen molar-refractivity contribution in [3.05, 3.63) is 76.0 Å². The molecule has 0 aliphatic carbocycles. The van der Waals surface area contributed by atoms with Crippen LogP contribution in [0.1, 0.15) is 5.56 Å². The average Bonchev–Trinajstić information content (AvgIpc) is 3.21. The second-order valence-corrected chi connectivity index (χ2v) is 6.26. The van der Waals surface area contributed by atoms with E-state index in [4.69, 9.17) is 0 Å². The van der Waals surface area contributed by atoms with Crippen molar-refractivity contribution in [2.24, 2.45) is 0 Å². The van der Waals surface area contributed by atoms with E-state index in [9.17, 15) is 10.1 Å². The van der Waals surface area contributed by atoms with Gasteiger partial charge in [-0.3, -0.25) is 4.98 Å². The van der Waals surface area contributed by atoms with Gasteiger partial charge in [0, 0.05) is 24.3 Å². The molecule has 0 aliphatic heterocycles. The van der Waals surface area contributed by atoms with E-state index in [0.29, 0.717) is 11.5 Å². The van der Waals surface area contributed by atoms with Crippen molar-refractivity contribution in [1.29, 1.82) is 0 Å². The Morgan fingerprint density at radius 1 is 1.20 bits per heavy atom. The molecule has 7 nitrogen and oxygen atoms in total. The van der Waals surface area contributed by atoms with E-state index < -0.39 is 4.92 Å². The van der Waals surface area contributed by atoms with Crippen LogP contribution in [0.3, 0.4) is 0 Å². The summed E-state index contributed by atoms with van der Waals surface area (Å²) in [5.74, 6) is 0.247. The van der Waals surface area contributed by atoms with Gasteiger partial charge >= 0.3 is 5.82 Å². The summed E-state index contributed by atoms with van der Waals surface area (Å²) in [6.07, 6.45) is 5.21. The number of imidazole rings is 1. The Morgan fingerprint density at radius 2 is 2.04 bits per heavy atom. The molecule has 124 valence electrons. The van der Waals surface area contributed by atoms with Crippen molar-refractivity contribution in [2.45, 2.75) is 6.54 Å². The molecule has 3 heterocycles. The molecular formula is C17H13N5O2S. The smallest absolute Gasteiger partial charge is 0.359 e. The van der Waals surface area contributed by atoms with Gasteiger partial charge in [0.15, 0.2) is 0 Å². The molecule has 0 atom stereocenters. The lowest BCUT2D eigenvalue weighted by Crippen LogP contribution is -2.03. The van der Waals surface area contributed by atoms with Crippen molar-refractivity contribution in [3.8, 4) is 11.1 Å². The van der Waals surface area contributed by atoms with Crippen molar-refractivity contribution in [3.63, 3.8) is 0 Å². The molecule has 8 heteroatoms. The van der Waals surface area contributed by atoms with Gasteiger partial charge in [-0.25, -0.2) is 0 Å². The van der Waals surface area contributed by atoms with Crippen molar-refractivity contribution >= 4 is 27.9 Å². The van der Waals surface area contributed by atoms with Crippen molar-refractivity contribution < 1.29 is 4.92 Å². The highest BCUT2D eigenvalue weighted by Crippen LogP contribution is 2.28. The zero-order valence-electron chi connectivity index (χ0n) is 13.0.